The monoisotopic (exact) mass is 251 g/mol. The van der Waals surface area contributed by atoms with E-state index in [1.807, 2.05) is 6.20 Å². The first-order chi connectivity index (χ1) is 8.72. The topological polar surface area (TPSA) is 39.1 Å². The van der Waals surface area contributed by atoms with Crippen LogP contribution in [0.15, 0.2) is 12.4 Å². The van der Waals surface area contributed by atoms with Crippen molar-refractivity contribution in [1.82, 2.24) is 9.55 Å². The van der Waals surface area contributed by atoms with Gasteiger partial charge in [0.05, 0.1) is 6.61 Å². The maximum absolute atomic E-state index is 5.16. The van der Waals surface area contributed by atoms with E-state index >= 15 is 0 Å². The summed E-state index contributed by atoms with van der Waals surface area (Å²) in [5, 5.41) is 3.44. The Morgan fingerprint density at radius 3 is 3.00 bits per heavy atom. The molecule has 18 heavy (non-hydrogen) atoms. The molecular formula is C14H25N3O. The number of nitrogens with zero attached hydrogens (tertiary/aromatic N) is 2. The third kappa shape index (κ3) is 3.05. The van der Waals surface area contributed by atoms with Gasteiger partial charge in [-0.1, -0.05) is 19.8 Å². The molecule has 1 fully saturated rings. The summed E-state index contributed by atoms with van der Waals surface area (Å²) < 4.78 is 7.47. The quantitative estimate of drug-likeness (QED) is 0.874. The number of imidazole rings is 1. The number of nitrogens with one attached hydrogen (secondary N) is 1. The molecule has 0 amide bonds. The lowest BCUT2D eigenvalue weighted by Crippen LogP contribution is -2.26. The summed E-state index contributed by atoms with van der Waals surface area (Å²) in [5.74, 6) is 1.73. The van der Waals surface area contributed by atoms with Gasteiger partial charge in [-0.25, -0.2) is 4.98 Å². The summed E-state index contributed by atoms with van der Waals surface area (Å²) in [6.07, 6.45) is 9.30. The number of hydrogen-bond acceptors (Lipinski definition) is 3. The van der Waals surface area contributed by atoms with E-state index in [0.717, 1.165) is 11.9 Å². The van der Waals surface area contributed by atoms with Crippen LogP contribution >= 0.6 is 0 Å². The normalized spacial score (nSPS) is 25.9. The van der Waals surface area contributed by atoms with E-state index in [1.165, 1.54) is 25.7 Å². The third-order valence-electron chi connectivity index (χ3n) is 3.88. The Labute approximate surface area is 110 Å². The molecule has 1 saturated carbocycles. The number of rotatable bonds is 5. The van der Waals surface area contributed by atoms with Gasteiger partial charge < -0.3 is 14.6 Å². The van der Waals surface area contributed by atoms with Gasteiger partial charge in [0.1, 0.15) is 0 Å². The highest BCUT2D eigenvalue weighted by molar-refractivity contribution is 5.28. The fourth-order valence-corrected chi connectivity index (χ4v) is 2.91. The van der Waals surface area contributed by atoms with Gasteiger partial charge in [-0.15, -0.1) is 0 Å². The molecule has 1 N–H and O–H groups in total. The highest BCUT2D eigenvalue weighted by Crippen LogP contribution is 2.35. The molecule has 3 unspecified atom stereocenters. The Hall–Kier alpha value is -1.03. The zero-order valence-electron chi connectivity index (χ0n) is 11.7. The van der Waals surface area contributed by atoms with Crippen LogP contribution in [0.1, 0.15) is 45.6 Å². The number of aromatic nitrogens is 2. The Morgan fingerprint density at radius 2 is 2.28 bits per heavy atom. The molecular weight excluding hydrogens is 226 g/mol. The lowest BCUT2D eigenvalue weighted by Gasteiger charge is -2.31. The van der Waals surface area contributed by atoms with Gasteiger partial charge in [-0.2, -0.15) is 0 Å². The standard InChI is InChI=1S/C14H25N3O/c1-11-6-4-5-7-13(11)17-9-8-15-14(17)16-12(2)10-18-3/h8-9,11-13H,4-7,10H2,1-3H3,(H,15,16). The summed E-state index contributed by atoms with van der Waals surface area (Å²) in [7, 11) is 1.73. The predicted molar refractivity (Wildman–Crippen MR) is 73.9 cm³/mol. The van der Waals surface area contributed by atoms with Crippen LogP contribution in [0.4, 0.5) is 5.95 Å². The molecule has 0 spiro atoms. The smallest absolute Gasteiger partial charge is 0.203 e. The molecule has 1 heterocycles. The van der Waals surface area contributed by atoms with Crippen LogP contribution in [-0.4, -0.2) is 29.3 Å². The first-order valence-corrected chi connectivity index (χ1v) is 7.00. The van der Waals surface area contributed by atoms with Crippen molar-refractivity contribution in [1.29, 1.82) is 0 Å². The molecule has 0 aromatic carbocycles. The van der Waals surface area contributed by atoms with Crippen LogP contribution in [0.3, 0.4) is 0 Å². The molecule has 2 rings (SSSR count). The molecule has 1 aliphatic carbocycles. The molecule has 0 radical (unpaired) electrons. The van der Waals surface area contributed by atoms with Gasteiger partial charge in [0, 0.05) is 31.6 Å². The van der Waals surface area contributed by atoms with E-state index < -0.39 is 0 Å². The Morgan fingerprint density at radius 1 is 1.50 bits per heavy atom. The SMILES string of the molecule is COCC(C)Nc1nccn1C1CCCCC1C. The van der Waals surface area contributed by atoms with Gasteiger partial charge in [0.2, 0.25) is 5.95 Å². The van der Waals surface area contributed by atoms with E-state index in [-0.39, 0.29) is 6.04 Å². The van der Waals surface area contributed by atoms with Crippen LogP contribution in [-0.2, 0) is 4.74 Å². The lowest BCUT2D eigenvalue weighted by atomic mass is 9.86. The molecule has 1 aliphatic rings. The molecule has 4 nitrogen and oxygen atoms in total. The second-order valence-corrected chi connectivity index (χ2v) is 5.49. The maximum Gasteiger partial charge on any atom is 0.203 e. The maximum atomic E-state index is 5.16. The number of hydrogen-bond donors (Lipinski definition) is 1. The number of ether oxygens (including phenoxy) is 1. The van der Waals surface area contributed by atoms with Crippen molar-refractivity contribution in [2.24, 2.45) is 5.92 Å². The van der Waals surface area contributed by atoms with Gasteiger partial charge in [0.25, 0.3) is 0 Å². The second kappa shape index (κ2) is 6.23. The van der Waals surface area contributed by atoms with Gasteiger partial charge >= 0.3 is 0 Å². The van der Waals surface area contributed by atoms with Crippen molar-refractivity contribution in [3.05, 3.63) is 12.4 Å². The van der Waals surface area contributed by atoms with E-state index in [9.17, 15) is 0 Å². The zero-order chi connectivity index (χ0) is 13.0. The highest BCUT2D eigenvalue weighted by Gasteiger charge is 2.24. The molecule has 0 bridgehead atoms. The molecule has 0 aliphatic heterocycles. The molecule has 102 valence electrons. The molecule has 1 aromatic rings. The molecule has 4 heteroatoms. The Kier molecular flexibility index (Phi) is 4.64. The van der Waals surface area contributed by atoms with Crippen LogP contribution < -0.4 is 5.32 Å². The van der Waals surface area contributed by atoms with Crippen molar-refractivity contribution < 1.29 is 4.74 Å². The van der Waals surface area contributed by atoms with E-state index in [2.05, 4.69) is 34.9 Å². The third-order valence-corrected chi connectivity index (χ3v) is 3.88. The van der Waals surface area contributed by atoms with Crippen molar-refractivity contribution >= 4 is 5.95 Å². The summed E-state index contributed by atoms with van der Waals surface area (Å²) in [5.41, 5.74) is 0. The number of methoxy groups -OCH3 is 1. The van der Waals surface area contributed by atoms with Crippen LogP contribution in [0.25, 0.3) is 0 Å². The second-order valence-electron chi connectivity index (χ2n) is 5.49. The van der Waals surface area contributed by atoms with E-state index in [1.54, 1.807) is 7.11 Å². The largest absolute Gasteiger partial charge is 0.383 e. The zero-order valence-corrected chi connectivity index (χ0v) is 11.7. The summed E-state index contributed by atoms with van der Waals surface area (Å²) >= 11 is 0. The van der Waals surface area contributed by atoms with Crippen LogP contribution in [0.5, 0.6) is 0 Å². The molecule has 1 aromatic heterocycles. The van der Waals surface area contributed by atoms with Crippen molar-refractivity contribution in [3.8, 4) is 0 Å². The van der Waals surface area contributed by atoms with E-state index in [4.69, 9.17) is 4.74 Å². The lowest BCUT2D eigenvalue weighted by molar-refractivity contribution is 0.189. The van der Waals surface area contributed by atoms with Crippen molar-refractivity contribution in [2.45, 2.75) is 51.6 Å². The first kappa shape index (κ1) is 13.4. The summed E-state index contributed by atoms with van der Waals surface area (Å²) in [6, 6.07) is 0.883. The minimum Gasteiger partial charge on any atom is -0.383 e. The van der Waals surface area contributed by atoms with Crippen molar-refractivity contribution in [2.75, 3.05) is 19.0 Å². The van der Waals surface area contributed by atoms with Crippen LogP contribution in [0, 0.1) is 5.92 Å². The van der Waals surface area contributed by atoms with Crippen molar-refractivity contribution in [3.63, 3.8) is 0 Å². The van der Waals surface area contributed by atoms with E-state index in [0.29, 0.717) is 12.6 Å². The average molecular weight is 251 g/mol. The van der Waals surface area contributed by atoms with Crippen LogP contribution in [0.2, 0.25) is 0 Å². The highest BCUT2D eigenvalue weighted by atomic mass is 16.5. The fraction of sp³-hybridized carbons (Fsp3) is 0.786. The predicted octanol–water partition coefficient (Wildman–Crippen LogP) is 3.08. The molecule has 3 atom stereocenters. The van der Waals surface area contributed by atoms with Gasteiger partial charge in [-0.05, 0) is 25.7 Å². The minimum absolute atomic E-state index is 0.287. The summed E-state index contributed by atoms with van der Waals surface area (Å²) in [4.78, 5) is 4.44. The summed E-state index contributed by atoms with van der Waals surface area (Å²) in [6.45, 7) is 5.17. The molecule has 0 saturated heterocycles. The van der Waals surface area contributed by atoms with Gasteiger partial charge in [-0.3, -0.25) is 0 Å². The number of anilines is 1. The first-order valence-electron chi connectivity index (χ1n) is 7.00. The Bertz CT molecular complexity index is 364. The van der Waals surface area contributed by atoms with Gasteiger partial charge in [0.15, 0.2) is 0 Å². The average Bonchev–Trinajstić information content (AvgIpc) is 2.78. The minimum atomic E-state index is 0.287. The fourth-order valence-electron chi connectivity index (χ4n) is 2.91. The Balaban J connectivity index is 2.06.